The highest BCUT2D eigenvalue weighted by molar-refractivity contribution is 7.14. The lowest BCUT2D eigenvalue weighted by Crippen LogP contribution is -2.15. The lowest BCUT2D eigenvalue weighted by Gasteiger charge is -2.05. The summed E-state index contributed by atoms with van der Waals surface area (Å²) in [4.78, 5) is 15.9. The van der Waals surface area contributed by atoms with Gasteiger partial charge in [0.2, 0.25) is 5.91 Å². The van der Waals surface area contributed by atoms with E-state index in [-0.39, 0.29) is 5.91 Å². The van der Waals surface area contributed by atoms with Gasteiger partial charge in [0.05, 0.1) is 12.8 Å². The summed E-state index contributed by atoms with van der Waals surface area (Å²) in [5.41, 5.74) is 8.22. The van der Waals surface area contributed by atoms with Gasteiger partial charge in [0, 0.05) is 23.9 Å². The first-order chi connectivity index (χ1) is 9.63. The average Bonchev–Trinajstić information content (AvgIpc) is 2.87. The Morgan fingerprint density at radius 1 is 1.50 bits per heavy atom. The smallest absolute Gasteiger partial charge is 0.227 e. The first kappa shape index (κ1) is 14.5. The fourth-order valence-corrected chi connectivity index (χ4v) is 2.55. The normalized spacial score (nSPS) is 10.3. The second-order valence-corrected chi connectivity index (χ2v) is 5.17. The van der Waals surface area contributed by atoms with Gasteiger partial charge in [-0.15, -0.1) is 11.3 Å². The highest BCUT2D eigenvalue weighted by Gasteiger charge is 2.08. The minimum atomic E-state index is -0.112. The zero-order valence-corrected chi connectivity index (χ0v) is 12.3. The minimum absolute atomic E-state index is 0.112. The third-order valence-electron chi connectivity index (χ3n) is 2.81. The van der Waals surface area contributed by atoms with Gasteiger partial charge >= 0.3 is 0 Å². The van der Waals surface area contributed by atoms with Crippen molar-refractivity contribution >= 4 is 22.4 Å². The maximum atomic E-state index is 11.5. The highest BCUT2D eigenvalue weighted by Crippen LogP contribution is 2.28. The number of nitrogens with two attached hydrogens (primary N) is 1. The van der Waals surface area contributed by atoms with Gasteiger partial charge < -0.3 is 15.8 Å². The number of aromatic nitrogens is 1. The van der Waals surface area contributed by atoms with E-state index in [1.807, 2.05) is 30.5 Å². The summed E-state index contributed by atoms with van der Waals surface area (Å²) >= 11 is 1.40. The van der Waals surface area contributed by atoms with Crippen molar-refractivity contribution in [2.75, 3.05) is 19.0 Å². The van der Waals surface area contributed by atoms with Gasteiger partial charge in [0.1, 0.15) is 5.75 Å². The number of rotatable bonds is 5. The number of hydrogen-bond donors (Lipinski definition) is 2. The third-order valence-corrected chi connectivity index (χ3v) is 3.57. The van der Waals surface area contributed by atoms with Crippen molar-refractivity contribution in [3.8, 4) is 17.0 Å². The van der Waals surface area contributed by atoms with Crippen LogP contribution >= 0.6 is 11.3 Å². The number of thiazole rings is 1. The molecule has 0 radical (unpaired) electrons. The van der Waals surface area contributed by atoms with E-state index in [9.17, 15) is 4.79 Å². The number of carbonyl (C=O) groups is 1. The predicted octanol–water partition coefficient (Wildman–Crippen LogP) is 2.41. The zero-order chi connectivity index (χ0) is 14.5. The molecule has 20 heavy (non-hydrogen) atoms. The maximum Gasteiger partial charge on any atom is 0.227 e. The molecule has 0 unspecified atom stereocenters. The van der Waals surface area contributed by atoms with E-state index < -0.39 is 0 Å². The molecule has 0 bridgehead atoms. The fourth-order valence-electron chi connectivity index (χ4n) is 1.81. The molecule has 0 aliphatic rings. The molecular weight excluding hydrogens is 274 g/mol. The SMILES string of the molecule is COc1ccc(-c2csc(NC(=O)CCN)n2)cc1C. The van der Waals surface area contributed by atoms with Crippen LogP contribution in [0.1, 0.15) is 12.0 Å². The standard InChI is InChI=1S/C14H17N3O2S/c1-9-7-10(3-4-12(9)19-2)11-8-20-14(16-11)17-13(18)5-6-15/h3-4,7-8H,5-6,15H2,1-2H3,(H,16,17,18). The van der Waals surface area contributed by atoms with Crippen LogP contribution in [0.25, 0.3) is 11.3 Å². The number of ether oxygens (including phenoxy) is 1. The van der Waals surface area contributed by atoms with Crippen LogP contribution < -0.4 is 15.8 Å². The van der Waals surface area contributed by atoms with E-state index in [1.54, 1.807) is 7.11 Å². The molecule has 1 aromatic carbocycles. The lowest BCUT2D eigenvalue weighted by atomic mass is 10.1. The lowest BCUT2D eigenvalue weighted by molar-refractivity contribution is -0.116. The summed E-state index contributed by atoms with van der Waals surface area (Å²) in [7, 11) is 1.65. The van der Waals surface area contributed by atoms with Crippen molar-refractivity contribution in [3.05, 3.63) is 29.1 Å². The van der Waals surface area contributed by atoms with Gasteiger partial charge in [-0.25, -0.2) is 4.98 Å². The number of hydrogen-bond acceptors (Lipinski definition) is 5. The monoisotopic (exact) mass is 291 g/mol. The minimum Gasteiger partial charge on any atom is -0.496 e. The molecule has 106 valence electrons. The van der Waals surface area contributed by atoms with Crippen molar-refractivity contribution in [1.82, 2.24) is 4.98 Å². The van der Waals surface area contributed by atoms with E-state index >= 15 is 0 Å². The van der Waals surface area contributed by atoms with Gasteiger partial charge in [-0.3, -0.25) is 4.79 Å². The van der Waals surface area contributed by atoms with E-state index in [0.717, 1.165) is 22.6 Å². The van der Waals surface area contributed by atoms with Crippen LogP contribution in [0.2, 0.25) is 0 Å². The Morgan fingerprint density at radius 3 is 2.95 bits per heavy atom. The maximum absolute atomic E-state index is 11.5. The first-order valence-electron chi connectivity index (χ1n) is 6.24. The highest BCUT2D eigenvalue weighted by atomic mass is 32.1. The molecular formula is C14H17N3O2S. The van der Waals surface area contributed by atoms with Crippen LogP contribution in [0.15, 0.2) is 23.6 Å². The molecule has 0 aliphatic heterocycles. The Balaban J connectivity index is 2.16. The molecule has 0 spiro atoms. The summed E-state index contributed by atoms with van der Waals surface area (Å²) < 4.78 is 5.23. The number of amides is 1. The molecule has 1 amide bonds. The Morgan fingerprint density at radius 2 is 2.30 bits per heavy atom. The number of nitrogens with zero attached hydrogens (tertiary/aromatic N) is 1. The summed E-state index contributed by atoms with van der Waals surface area (Å²) in [5.74, 6) is 0.736. The van der Waals surface area contributed by atoms with Gasteiger partial charge in [0.25, 0.3) is 0 Å². The molecule has 0 atom stereocenters. The third kappa shape index (κ3) is 3.34. The van der Waals surface area contributed by atoms with Gasteiger partial charge in [-0.05, 0) is 30.7 Å². The molecule has 6 heteroatoms. The molecule has 2 rings (SSSR count). The second-order valence-electron chi connectivity index (χ2n) is 4.31. The van der Waals surface area contributed by atoms with Gasteiger partial charge in [0.15, 0.2) is 5.13 Å². The van der Waals surface area contributed by atoms with Crippen molar-refractivity contribution in [1.29, 1.82) is 0 Å². The summed E-state index contributed by atoms with van der Waals surface area (Å²) in [6, 6.07) is 5.88. The van der Waals surface area contributed by atoms with Crippen molar-refractivity contribution in [2.45, 2.75) is 13.3 Å². The van der Waals surface area contributed by atoms with Crippen LogP contribution in [-0.2, 0) is 4.79 Å². The Hall–Kier alpha value is -1.92. The number of anilines is 1. The fraction of sp³-hybridized carbons (Fsp3) is 0.286. The van der Waals surface area contributed by atoms with Gasteiger partial charge in [-0.1, -0.05) is 0 Å². The summed E-state index contributed by atoms with van der Waals surface area (Å²) in [6.07, 6.45) is 0.302. The quantitative estimate of drug-likeness (QED) is 0.887. The molecule has 5 nitrogen and oxygen atoms in total. The van der Waals surface area contributed by atoms with Crippen molar-refractivity contribution < 1.29 is 9.53 Å². The number of aryl methyl sites for hydroxylation is 1. The number of nitrogens with one attached hydrogen (secondary N) is 1. The van der Waals surface area contributed by atoms with E-state index in [1.165, 1.54) is 11.3 Å². The molecule has 0 fully saturated rings. The molecule has 3 N–H and O–H groups in total. The van der Waals surface area contributed by atoms with E-state index in [2.05, 4.69) is 10.3 Å². The van der Waals surface area contributed by atoms with Crippen LogP contribution in [0.5, 0.6) is 5.75 Å². The molecule has 1 heterocycles. The van der Waals surface area contributed by atoms with Crippen LogP contribution in [0.4, 0.5) is 5.13 Å². The number of carbonyl (C=O) groups excluding carboxylic acids is 1. The van der Waals surface area contributed by atoms with E-state index in [4.69, 9.17) is 10.5 Å². The Kier molecular flexibility index (Phi) is 4.70. The summed E-state index contributed by atoms with van der Waals surface area (Å²) in [6.45, 7) is 2.32. The number of benzene rings is 1. The van der Waals surface area contributed by atoms with Crippen molar-refractivity contribution in [3.63, 3.8) is 0 Å². The number of methoxy groups -OCH3 is 1. The Bertz CT molecular complexity index is 610. The van der Waals surface area contributed by atoms with Crippen LogP contribution in [0.3, 0.4) is 0 Å². The summed E-state index contributed by atoms with van der Waals surface area (Å²) in [5, 5.41) is 5.24. The van der Waals surface area contributed by atoms with E-state index in [0.29, 0.717) is 18.1 Å². The average molecular weight is 291 g/mol. The largest absolute Gasteiger partial charge is 0.496 e. The van der Waals surface area contributed by atoms with Crippen LogP contribution in [0, 0.1) is 6.92 Å². The first-order valence-corrected chi connectivity index (χ1v) is 7.12. The molecule has 2 aromatic rings. The predicted molar refractivity (Wildman–Crippen MR) is 81.1 cm³/mol. The molecule has 1 aromatic heterocycles. The topological polar surface area (TPSA) is 77.2 Å². The molecule has 0 aliphatic carbocycles. The van der Waals surface area contributed by atoms with Crippen LogP contribution in [-0.4, -0.2) is 24.5 Å². The zero-order valence-electron chi connectivity index (χ0n) is 11.5. The van der Waals surface area contributed by atoms with Gasteiger partial charge in [-0.2, -0.15) is 0 Å². The molecule has 0 saturated heterocycles. The second kappa shape index (κ2) is 6.49. The molecule has 0 saturated carbocycles. The van der Waals surface area contributed by atoms with Crippen molar-refractivity contribution in [2.24, 2.45) is 5.73 Å². The Labute approximate surface area is 121 Å².